The van der Waals surface area contributed by atoms with Gasteiger partial charge in [0, 0.05) is 30.2 Å². The number of rotatable bonds is 2. The van der Waals surface area contributed by atoms with Crippen LogP contribution in [0.25, 0.3) is 10.9 Å². The van der Waals surface area contributed by atoms with Crippen LogP contribution in [0, 0.1) is 6.92 Å². The summed E-state index contributed by atoms with van der Waals surface area (Å²) in [6.45, 7) is 3.43. The molecule has 1 aromatic heterocycles. The number of carbonyl (C=O) groups is 1. The molecule has 5 nitrogen and oxygen atoms in total. The van der Waals surface area contributed by atoms with Crippen molar-refractivity contribution in [2.45, 2.75) is 25.8 Å². The molecule has 110 valence electrons. The van der Waals surface area contributed by atoms with Crippen LogP contribution in [-0.2, 0) is 0 Å². The maximum Gasteiger partial charge on any atom is 0.314 e. The first kappa shape index (κ1) is 13.7. The summed E-state index contributed by atoms with van der Waals surface area (Å²) in [7, 11) is 0. The van der Waals surface area contributed by atoms with E-state index in [1.54, 1.807) is 4.90 Å². The van der Waals surface area contributed by atoms with Crippen molar-refractivity contribution >= 4 is 22.6 Å². The van der Waals surface area contributed by atoms with Crippen molar-refractivity contribution in [3.8, 4) is 0 Å². The highest BCUT2D eigenvalue weighted by Gasteiger charge is 2.21. The molecule has 1 saturated heterocycles. The molecule has 0 spiro atoms. The molecule has 0 aliphatic carbocycles. The first-order chi connectivity index (χ1) is 10.1. The van der Waals surface area contributed by atoms with Gasteiger partial charge >= 0.3 is 6.03 Å². The molecule has 0 atom stereocenters. The topological polar surface area (TPSA) is 71.2 Å². The van der Waals surface area contributed by atoms with Gasteiger partial charge in [-0.3, -0.25) is 4.98 Å². The third-order valence-electron chi connectivity index (χ3n) is 4.03. The van der Waals surface area contributed by atoms with E-state index in [0.717, 1.165) is 35.1 Å². The van der Waals surface area contributed by atoms with E-state index in [1.165, 1.54) is 0 Å². The Kier molecular flexibility index (Phi) is 3.64. The summed E-state index contributed by atoms with van der Waals surface area (Å²) in [6.07, 6.45) is 1.82. The van der Waals surface area contributed by atoms with E-state index in [9.17, 15) is 4.79 Å². The number of likely N-dealkylation sites (tertiary alicyclic amines) is 1. The number of nitrogens with one attached hydrogen (secondary N) is 1. The van der Waals surface area contributed by atoms with Crippen molar-refractivity contribution in [1.29, 1.82) is 0 Å². The fraction of sp³-hybridized carbons (Fsp3) is 0.375. The lowest BCUT2D eigenvalue weighted by Crippen LogP contribution is -2.44. The molecule has 5 heteroatoms. The Hall–Kier alpha value is -2.30. The summed E-state index contributed by atoms with van der Waals surface area (Å²) in [6, 6.07) is 10.3. The lowest BCUT2D eigenvalue weighted by molar-refractivity contribution is 0.193. The highest BCUT2D eigenvalue weighted by atomic mass is 16.2. The van der Waals surface area contributed by atoms with Crippen LogP contribution >= 0.6 is 0 Å². The Morgan fingerprint density at radius 3 is 2.76 bits per heavy atom. The van der Waals surface area contributed by atoms with Crippen LogP contribution < -0.4 is 11.1 Å². The van der Waals surface area contributed by atoms with Gasteiger partial charge in [0.2, 0.25) is 0 Å². The van der Waals surface area contributed by atoms with Crippen LogP contribution in [0.4, 0.5) is 10.5 Å². The van der Waals surface area contributed by atoms with Gasteiger partial charge in [0.1, 0.15) is 0 Å². The molecule has 0 bridgehead atoms. The minimum Gasteiger partial charge on any atom is -0.380 e. The van der Waals surface area contributed by atoms with Gasteiger partial charge in [-0.2, -0.15) is 0 Å². The number of aromatic nitrogens is 1. The van der Waals surface area contributed by atoms with Crippen LogP contribution in [0.5, 0.6) is 0 Å². The Morgan fingerprint density at radius 2 is 2.05 bits per heavy atom. The molecule has 1 aliphatic heterocycles. The lowest BCUT2D eigenvalue weighted by atomic mass is 10.0. The highest BCUT2D eigenvalue weighted by Crippen LogP contribution is 2.24. The first-order valence-electron chi connectivity index (χ1n) is 7.31. The molecule has 0 unspecified atom stereocenters. The van der Waals surface area contributed by atoms with Crippen LogP contribution in [0.3, 0.4) is 0 Å². The Bertz CT molecular complexity index is 662. The van der Waals surface area contributed by atoms with Crippen molar-refractivity contribution in [1.82, 2.24) is 9.88 Å². The highest BCUT2D eigenvalue weighted by molar-refractivity contribution is 5.90. The minimum absolute atomic E-state index is 0.323. The van der Waals surface area contributed by atoms with Gasteiger partial charge < -0.3 is 16.0 Å². The summed E-state index contributed by atoms with van der Waals surface area (Å²) < 4.78 is 0. The van der Waals surface area contributed by atoms with Gasteiger partial charge in [-0.1, -0.05) is 18.2 Å². The molecule has 2 heterocycles. The predicted molar refractivity (Wildman–Crippen MR) is 84.3 cm³/mol. The second kappa shape index (κ2) is 5.60. The average Bonchev–Trinajstić information content (AvgIpc) is 2.48. The van der Waals surface area contributed by atoms with Gasteiger partial charge in [-0.05, 0) is 31.9 Å². The number of aryl methyl sites for hydroxylation is 1. The standard InChI is InChI=1S/C16H20N4O/c1-11-5-6-12-3-2-4-14(15(12)18-11)19-13-7-9-20(10-8-13)16(17)21/h2-6,13,19H,7-10H2,1H3,(H2,17,21). The van der Waals surface area contributed by atoms with E-state index in [0.29, 0.717) is 19.1 Å². The van der Waals surface area contributed by atoms with Gasteiger partial charge in [-0.25, -0.2) is 4.79 Å². The number of pyridine rings is 1. The molecule has 3 N–H and O–H groups in total. The number of carbonyl (C=O) groups excluding carboxylic acids is 1. The van der Waals surface area contributed by atoms with Crippen molar-refractivity contribution in [3.05, 3.63) is 36.0 Å². The Morgan fingerprint density at radius 1 is 1.29 bits per heavy atom. The quantitative estimate of drug-likeness (QED) is 0.890. The summed E-state index contributed by atoms with van der Waals surface area (Å²) in [5.41, 5.74) is 8.40. The zero-order valence-corrected chi connectivity index (χ0v) is 12.2. The average molecular weight is 284 g/mol. The molecule has 1 aromatic carbocycles. The largest absolute Gasteiger partial charge is 0.380 e. The van der Waals surface area contributed by atoms with Crippen LogP contribution in [0.15, 0.2) is 30.3 Å². The summed E-state index contributed by atoms with van der Waals surface area (Å²) in [4.78, 5) is 17.5. The lowest BCUT2D eigenvalue weighted by Gasteiger charge is -2.31. The van der Waals surface area contributed by atoms with Crippen LogP contribution in [0.1, 0.15) is 18.5 Å². The van der Waals surface area contributed by atoms with E-state index in [-0.39, 0.29) is 6.03 Å². The number of hydrogen-bond acceptors (Lipinski definition) is 3. The second-order valence-corrected chi connectivity index (χ2v) is 5.57. The molecule has 1 fully saturated rings. The molecule has 1 aliphatic rings. The SMILES string of the molecule is Cc1ccc2cccc(NC3CCN(C(N)=O)CC3)c2n1. The van der Waals surface area contributed by atoms with Crippen molar-refractivity contribution < 1.29 is 4.79 Å². The second-order valence-electron chi connectivity index (χ2n) is 5.57. The molecular weight excluding hydrogens is 264 g/mol. The number of primary amides is 1. The Labute approximate surface area is 124 Å². The number of urea groups is 1. The van der Waals surface area contributed by atoms with E-state index in [2.05, 4.69) is 28.5 Å². The van der Waals surface area contributed by atoms with Gasteiger partial charge in [0.05, 0.1) is 11.2 Å². The third-order valence-corrected chi connectivity index (χ3v) is 4.03. The number of nitrogens with two attached hydrogens (primary N) is 1. The molecule has 0 radical (unpaired) electrons. The zero-order valence-electron chi connectivity index (χ0n) is 12.2. The first-order valence-corrected chi connectivity index (χ1v) is 7.31. The number of para-hydroxylation sites is 1. The number of amides is 2. The molecule has 2 aromatic rings. The van der Waals surface area contributed by atoms with E-state index >= 15 is 0 Å². The van der Waals surface area contributed by atoms with Crippen LogP contribution in [-0.4, -0.2) is 35.0 Å². The Balaban J connectivity index is 1.77. The van der Waals surface area contributed by atoms with E-state index in [4.69, 9.17) is 5.73 Å². The fourth-order valence-electron chi connectivity index (χ4n) is 2.83. The smallest absolute Gasteiger partial charge is 0.314 e. The molecule has 0 saturated carbocycles. The zero-order chi connectivity index (χ0) is 14.8. The van der Waals surface area contributed by atoms with Gasteiger partial charge in [0.15, 0.2) is 0 Å². The summed E-state index contributed by atoms with van der Waals surface area (Å²) in [5.74, 6) is 0. The minimum atomic E-state index is -0.323. The normalized spacial score (nSPS) is 16.1. The molecular formula is C16H20N4O. The monoisotopic (exact) mass is 284 g/mol. The van der Waals surface area contributed by atoms with Crippen molar-refractivity contribution in [2.24, 2.45) is 5.73 Å². The van der Waals surface area contributed by atoms with Crippen LogP contribution in [0.2, 0.25) is 0 Å². The van der Waals surface area contributed by atoms with Crippen molar-refractivity contribution in [2.75, 3.05) is 18.4 Å². The maximum atomic E-state index is 11.1. The number of benzene rings is 1. The number of anilines is 1. The number of fused-ring (bicyclic) bond motifs is 1. The maximum absolute atomic E-state index is 11.1. The van der Waals surface area contributed by atoms with Gasteiger partial charge in [0.25, 0.3) is 0 Å². The van der Waals surface area contributed by atoms with E-state index < -0.39 is 0 Å². The van der Waals surface area contributed by atoms with Crippen molar-refractivity contribution in [3.63, 3.8) is 0 Å². The summed E-state index contributed by atoms with van der Waals surface area (Å²) >= 11 is 0. The molecule has 21 heavy (non-hydrogen) atoms. The molecule has 3 rings (SSSR count). The third kappa shape index (κ3) is 2.91. The number of nitrogens with zero attached hydrogens (tertiary/aromatic N) is 2. The number of hydrogen-bond donors (Lipinski definition) is 2. The fourth-order valence-corrected chi connectivity index (χ4v) is 2.83. The van der Waals surface area contributed by atoms with E-state index in [1.807, 2.05) is 19.1 Å². The summed E-state index contributed by atoms with van der Waals surface area (Å²) in [5, 5.41) is 4.71. The number of piperidine rings is 1. The molecule has 2 amide bonds. The van der Waals surface area contributed by atoms with Gasteiger partial charge in [-0.15, -0.1) is 0 Å². The predicted octanol–water partition coefficient (Wildman–Crippen LogP) is 2.50.